The Balaban J connectivity index is 1.72. The molecule has 1 aliphatic heterocycles. The second-order valence-electron chi connectivity index (χ2n) is 7.15. The Morgan fingerprint density at radius 3 is 2.57 bits per heavy atom. The molecule has 0 spiro atoms. The molecule has 0 aromatic heterocycles. The van der Waals surface area contributed by atoms with Crippen molar-refractivity contribution < 1.29 is 23.4 Å². The maximum Gasteiger partial charge on any atom is 0.409 e. The zero-order valence-corrected chi connectivity index (χ0v) is 17.6. The van der Waals surface area contributed by atoms with E-state index in [2.05, 4.69) is 5.09 Å². The van der Waals surface area contributed by atoms with Gasteiger partial charge in [-0.2, -0.15) is 0 Å². The van der Waals surface area contributed by atoms with Gasteiger partial charge in [0.25, 0.3) is 0 Å². The zero-order valence-electron chi connectivity index (χ0n) is 16.0. The highest BCUT2D eigenvalue weighted by Gasteiger charge is 2.34. The fourth-order valence-electron chi connectivity index (χ4n) is 3.10. The lowest BCUT2D eigenvalue weighted by molar-refractivity contribution is -0.156. The summed E-state index contributed by atoms with van der Waals surface area (Å²) >= 11 is 6.19. The molecule has 2 atom stereocenters. The summed E-state index contributed by atoms with van der Waals surface area (Å²) in [6.45, 7) is 0.954. The highest BCUT2D eigenvalue weighted by molar-refractivity contribution is 7.84. The Bertz CT molecular complexity index is 863. The van der Waals surface area contributed by atoms with Crippen molar-refractivity contribution in [2.75, 3.05) is 13.2 Å². The summed E-state index contributed by atoms with van der Waals surface area (Å²) in [6.07, 6.45) is 1.11. The fraction of sp³-hybridized carbons (Fsp3) is 0.450. The average Bonchev–Trinajstić information content (AvgIpc) is 2.67. The van der Waals surface area contributed by atoms with E-state index >= 15 is 0 Å². The first-order valence-corrected chi connectivity index (χ1v) is 11.9. The number of carbonyl (C=O) groups is 1. The van der Waals surface area contributed by atoms with Crippen molar-refractivity contribution in [3.05, 3.63) is 42.5 Å². The molecule has 1 N–H and O–H groups in total. The van der Waals surface area contributed by atoms with Crippen LogP contribution >= 0.6 is 18.1 Å². The summed E-state index contributed by atoms with van der Waals surface area (Å²) in [7, 11) is 0. The van der Waals surface area contributed by atoms with Gasteiger partial charge in [0.2, 0.25) is 0 Å². The molecule has 0 amide bonds. The summed E-state index contributed by atoms with van der Waals surface area (Å²) in [4.78, 5) is 12.6. The predicted molar refractivity (Wildman–Crippen MR) is 110 cm³/mol. The molecule has 28 heavy (non-hydrogen) atoms. The second kappa shape index (κ2) is 9.27. The summed E-state index contributed by atoms with van der Waals surface area (Å²) in [6, 6.07) is 12.1. The highest BCUT2D eigenvalue weighted by atomic mass is 35.7. The molecule has 0 aliphatic carbocycles. The number of nitrogens with one attached hydrogen (secondary N) is 1. The summed E-state index contributed by atoms with van der Waals surface area (Å²) in [5.74, 6) is -0.274. The van der Waals surface area contributed by atoms with E-state index in [0.717, 1.165) is 10.8 Å². The molecule has 0 bridgehead atoms. The monoisotopic (exact) mass is 425 g/mol. The van der Waals surface area contributed by atoms with E-state index in [1.807, 2.05) is 44.2 Å². The van der Waals surface area contributed by atoms with Gasteiger partial charge in [-0.25, -0.2) is 9.65 Å². The third-order valence-corrected chi connectivity index (χ3v) is 6.15. The van der Waals surface area contributed by atoms with Crippen molar-refractivity contribution in [2.45, 2.75) is 38.8 Å². The smallest absolute Gasteiger partial charge is 0.409 e. The number of halogens is 1. The number of fused-ring (bicyclic) bond motifs is 1. The van der Waals surface area contributed by atoms with Crippen LogP contribution in [-0.4, -0.2) is 31.3 Å². The van der Waals surface area contributed by atoms with Gasteiger partial charge in [0.05, 0.1) is 13.2 Å². The van der Waals surface area contributed by atoms with E-state index in [1.165, 1.54) is 0 Å². The van der Waals surface area contributed by atoms with Crippen LogP contribution in [0, 0.1) is 5.92 Å². The number of hydrogen-bond acceptors (Lipinski definition) is 5. The van der Waals surface area contributed by atoms with Crippen LogP contribution in [0.5, 0.6) is 5.75 Å². The van der Waals surface area contributed by atoms with Crippen LogP contribution in [0.15, 0.2) is 42.5 Å². The van der Waals surface area contributed by atoms with Crippen molar-refractivity contribution in [3.63, 3.8) is 0 Å². The molecule has 1 fully saturated rings. The molecular weight excluding hydrogens is 401 g/mol. The largest absolute Gasteiger partial charge is 0.461 e. The van der Waals surface area contributed by atoms with Gasteiger partial charge in [-0.3, -0.25) is 4.79 Å². The number of carbonyl (C=O) groups excluding carboxylic acids is 1. The van der Waals surface area contributed by atoms with Gasteiger partial charge in [0.1, 0.15) is 17.9 Å². The third kappa shape index (κ3) is 5.48. The Kier molecular flexibility index (Phi) is 7.00. The van der Waals surface area contributed by atoms with Crippen molar-refractivity contribution in [2.24, 2.45) is 5.92 Å². The first kappa shape index (κ1) is 21.1. The van der Waals surface area contributed by atoms with Crippen LogP contribution in [-0.2, 0) is 18.8 Å². The zero-order chi connectivity index (χ0) is 20.1. The van der Waals surface area contributed by atoms with Crippen LogP contribution in [0.4, 0.5) is 0 Å². The van der Waals surface area contributed by atoms with Gasteiger partial charge in [-0.1, -0.05) is 50.2 Å². The summed E-state index contributed by atoms with van der Waals surface area (Å²) in [5.41, 5.74) is 0. The van der Waals surface area contributed by atoms with E-state index in [1.54, 1.807) is 12.1 Å². The van der Waals surface area contributed by atoms with E-state index in [9.17, 15) is 9.36 Å². The maximum absolute atomic E-state index is 12.9. The van der Waals surface area contributed by atoms with Crippen LogP contribution in [0.1, 0.15) is 26.7 Å². The molecule has 0 saturated carbocycles. The Morgan fingerprint density at radius 1 is 1.18 bits per heavy atom. The van der Waals surface area contributed by atoms with Gasteiger partial charge in [0.15, 0.2) is 0 Å². The fourth-order valence-corrected chi connectivity index (χ4v) is 4.84. The third-order valence-electron chi connectivity index (χ3n) is 4.63. The molecular formula is C20H25ClNO5P. The molecule has 1 saturated heterocycles. The highest BCUT2D eigenvalue weighted by Crippen LogP contribution is 2.50. The van der Waals surface area contributed by atoms with Gasteiger partial charge < -0.3 is 14.0 Å². The molecule has 2 unspecified atom stereocenters. The first-order valence-electron chi connectivity index (χ1n) is 9.39. The van der Waals surface area contributed by atoms with E-state index in [0.29, 0.717) is 31.8 Å². The molecule has 2 aromatic carbocycles. The van der Waals surface area contributed by atoms with Gasteiger partial charge >= 0.3 is 12.8 Å². The standard InChI is InChI=1S/C20H25ClNO5P/c1-14(2)19(20(23)26-16-10-12-25-13-11-16)22-28(21,24)27-18-9-5-7-15-6-3-4-8-17(15)18/h3-9,14,16,19H,10-13H2,1-2H3,(H,22,24). The number of esters is 1. The minimum Gasteiger partial charge on any atom is -0.461 e. The van der Waals surface area contributed by atoms with Gasteiger partial charge in [-0.05, 0) is 17.4 Å². The Hall–Kier alpha value is -1.59. The van der Waals surface area contributed by atoms with Gasteiger partial charge in [-0.15, -0.1) is 0 Å². The lowest BCUT2D eigenvalue weighted by Crippen LogP contribution is -2.42. The summed E-state index contributed by atoms with van der Waals surface area (Å²) in [5, 5.41) is 4.42. The number of hydrogen-bond donors (Lipinski definition) is 1. The predicted octanol–water partition coefficient (Wildman–Crippen LogP) is 4.90. The SMILES string of the molecule is CC(C)C(NP(=O)(Cl)Oc1cccc2ccccc12)C(=O)OC1CCOCC1. The van der Waals surface area contributed by atoms with Crippen LogP contribution < -0.4 is 9.61 Å². The quantitative estimate of drug-likeness (QED) is 0.502. The van der Waals surface area contributed by atoms with Crippen molar-refractivity contribution >= 4 is 34.9 Å². The number of rotatable bonds is 7. The number of ether oxygens (including phenoxy) is 2. The van der Waals surface area contributed by atoms with Crippen molar-refractivity contribution in [1.82, 2.24) is 5.09 Å². The molecule has 1 heterocycles. The molecule has 0 radical (unpaired) electrons. The topological polar surface area (TPSA) is 73.9 Å². The molecule has 8 heteroatoms. The van der Waals surface area contributed by atoms with Crippen LogP contribution in [0.25, 0.3) is 10.8 Å². The minimum atomic E-state index is -3.84. The van der Waals surface area contributed by atoms with Gasteiger partial charge in [0, 0.05) is 29.5 Å². The molecule has 6 nitrogen and oxygen atoms in total. The van der Waals surface area contributed by atoms with Crippen LogP contribution in [0.2, 0.25) is 0 Å². The normalized spacial score (nSPS) is 18.6. The maximum atomic E-state index is 12.9. The average molecular weight is 426 g/mol. The molecule has 3 rings (SSSR count). The van der Waals surface area contributed by atoms with E-state index in [-0.39, 0.29) is 12.0 Å². The van der Waals surface area contributed by atoms with Crippen molar-refractivity contribution in [3.8, 4) is 5.75 Å². The lowest BCUT2D eigenvalue weighted by Gasteiger charge is -2.28. The molecule has 152 valence electrons. The van der Waals surface area contributed by atoms with E-state index < -0.39 is 18.9 Å². The van der Waals surface area contributed by atoms with E-state index in [4.69, 9.17) is 25.2 Å². The van der Waals surface area contributed by atoms with Crippen molar-refractivity contribution in [1.29, 1.82) is 0 Å². The molecule has 2 aromatic rings. The minimum absolute atomic E-state index is 0.185. The first-order chi connectivity index (χ1) is 13.4. The number of benzene rings is 2. The van der Waals surface area contributed by atoms with Crippen LogP contribution in [0.3, 0.4) is 0 Å². The Morgan fingerprint density at radius 2 is 1.86 bits per heavy atom. The lowest BCUT2D eigenvalue weighted by atomic mass is 10.1. The summed E-state index contributed by atoms with van der Waals surface area (Å²) < 4.78 is 29.4. The Labute approximate surface area is 169 Å². The second-order valence-corrected chi connectivity index (χ2v) is 9.88. The molecule has 1 aliphatic rings.